The molecule has 0 saturated heterocycles. The summed E-state index contributed by atoms with van der Waals surface area (Å²) in [5, 5.41) is 8.97. The minimum atomic E-state index is -3.85. The van der Waals surface area contributed by atoms with Gasteiger partial charge < -0.3 is 9.84 Å². The van der Waals surface area contributed by atoms with Crippen LogP contribution in [0.25, 0.3) is 0 Å². The molecular formula is C12H21NO6S. The number of nitrogens with one attached hydrogen (secondary N) is 1. The van der Waals surface area contributed by atoms with Crippen LogP contribution in [0.3, 0.4) is 0 Å². The van der Waals surface area contributed by atoms with Crippen molar-refractivity contribution in [2.45, 2.75) is 45.1 Å². The molecule has 0 aromatic carbocycles. The van der Waals surface area contributed by atoms with E-state index in [9.17, 15) is 18.0 Å². The van der Waals surface area contributed by atoms with Crippen LogP contribution in [0.5, 0.6) is 0 Å². The number of aliphatic carboxylic acids is 1. The molecule has 1 aliphatic rings. The first-order valence-electron chi connectivity index (χ1n) is 6.57. The fraction of sp³-hybridized carbons (Fsp3) is 0.833. The number of esters is 1. The summed E-state index contributed by atoms with van der Waals surface area (Å²) in [6, 6.07) is -1.15. The third-order valence-electron chi connectivity index (χ3n) is 3.59. The second kappa shape index (κ2) is 6.53. The number of carboxylic acids is 1. The van der Waals surface area contributed by atoms with Crippen molar-refractivity contribution in [1.29, 1.82) is 0 Å². The molecule has 0 heterocycles. The zero-order valence-corrected chi connectivity index (χ0v) is 12.5. The number of carbonyl (C=O) groups is 2. The standard InChI is InChI=1S/C12H21NO6S/c1-3-5-9(10(14)15)13-20(17,18)8-12(6-4-7-12)11(16)19-2/h9,13H,3-8H2,1-2H3,(H,14,15). The van der Waals surface area contributed by atoms with E-state index >= 15 is 0 Å². The highest BCUT2D eigenvalue weighted by atomic mass is 32.2. The van der Waals surface area contributed by atoms with Gasteiger partial charge in [0, 0.05) is 0 Å². The van der Waals surface area contributed by atoms with Crippen molar-refractivity contribution >= 4 is 22.0 Å². The van der Waals surface area contributed by atoms with Gasteiger partial charge in [-0.25, -0.2) is 13.1 Å². The summed E-state index contributed by atoms with van der Waals surface area (Å²) in [7, 11) is -2.63. The molecule has 1 atom stereocenters. The maximum atomic E-state index is 12.1. The molecule has 1 saturated carbocycles. The highest BCUT2D eigenvalue weighted by Crippen LogP contribution is 2.43. The van der Waals surface area contributed by atoms with Crippen molar-refractivity contribution in [3.63, 3.8) is 0 Å². The summed E-state index contributed by atoms with van der Waals surface area (Å²) < 4.78 is 31.0. The van der Waals surface area contributed by atoms with Gasteiger partial charge in [0.1, 0.15) is 6.04 Å². The average molecular weight is 307 g/mol. The summed E-state index contributed by atoms with van der Waals surface area (Å²) in [5.41, 5.74) is -1.02. The van der Waals surface area contributed by atoms with Gasteiger partial charge in [-0.2, -0.15) is 0 Å². The third kappa shape index (κ3) is 3.92. The Balaban J connectivity index is 2.78. The fourth-order valence-electron chi connectivity index (χ4n) is 2.37. The lowest BCUT2D eigenvalue weighted by molar-refractivity contribution is -0.156. The molecule has 8 heteroatoms. The number of carbonyl (C=O) groups excluding carboxylic acids is 1. The third-order valence-corrected chi connectivity index (χ3v) is 5.17. The van der Waals surface area contributed by atoms with E-state index in [1.54, 1.807) is 6.92 Å². The highest BCUT2D eigenvalue weighted by molar-refractivity contribution is 7.89. The van der Waals surface area contributed by atoms with E-state index in [4.69, 9.17) is 5.11 Å². The van der Waals surface area contributed by atoms with Gasteiger partial charge in [0.25, 0.3) is 0 Å². The molecule has 0 spiro atoms. The Morgan fingerprint density at radius 2 is 2.00 bits per heavy atom. The first kappa shape index (κ1) is 16.9. The zero-order chi connectivity index (χ0) is 15.4. The molecule has 0 aromatic heterocycles. The Labute approximate surface area is 118 Å². The molecule has 1 unspecified atom stereocenters. The smallest absolute Gasteiger partial charge is 0.321 e. The Morgan fingerprint density at radius 1 is 1.40 bits per heavy atom. The molecule has 0 bridgehead atoms. The van der Waals surface area contributed by atoms with Gasteiger partial charge in [-0.15, -0.1) is 0 Å². The van der Waals surface area contributed by atoms with Gasteiger partial charge in [0.2, 0.25) is 10.0 Å². The number of hydrogen-bond acceptors (Lipinski definition) is 5. The van der Waals surface area contributed by atoms with Gasteiger partial charge in [-0.3, -0.25) is 9.59 Å². The van der Waals surface area contributed by atoms with Crippen LogP contribution in [0, 0.1) is 5.41 Å². The molecule has 20 heavy (non-hydrogen) atoms. The largest absolute Gasteiger partial charge is 0.480 e. The lowest BCUT2D eigenvalue weighted by atomic mass is 9.70. The van der Waals surface area contributed by atoms with Crippen LogP contribution in [0.15, 0.2) is 0 Å². The Morgan fingerprint density at radius 3 is 2.35 bits per heavy atom. The monoisotopic (exact) mass is 307 g/mol. The number of sulfonamides is 1. The maximum absolute atomic E-state index is 12.1. The molecule has 7 nitrogen and oxygen atoms in total. The zero-order valence-electron chi connectivity index (χ0n) is 11.7. The molecule has 1 aliphatic carbocycles. The van der Waals surface area contributed by atoms with Crippen molar-refractivity contribution in [3.8, 4) is 0 Å². The van der Waals surface area contributed by atoms with Gasteiger partial charge >= 0.3 is 11.9 Å². The summed E-state index contributed by atoms with van der Waals surface area (Å²) >= 11 is 0. The molecular weight excluding hydrogens is 286 g/mol. The van der Waals surface area contributed by atoms with Crippen LogP contribution in [0.1, 0.15) is 39.0 Å². The number of hydrogen-bond donors (Lipinski definition) is 2. The Bertz CT molecular complexity index is 468. The average Bonchev–Trinajstić information content (AvgIpc) is 2.32. The van der Waals surface area contributed by atoms with Crippen molar-refractivity contribution in [1.82, 2.24) is 4.72 Å². The van der Waals surface area contributed by atoms with E-state index in [0.717, 1.165) is 6.42 Å². The number of ether oxygens (including phenoxy) is 1. The van der Waals surface area contributed by atoms with Crippen molar-refractivity contribution in [2.24, 2.45) is 5.41 Å². The Kier molecular flexibility index (Phi) is 5.52. The Hall–Kier alpha value is -1.15. The lowest BCUT2D eigenvalue weighted by Gasteiger charge is -2.38. The van der Waals surface area contributed by atoms with Gasteiger partial charge in [-0.1, -0.05) is 19.8 Å². The maximum Gasteiger partial charge on any atom is 0.321 e. The summed E-state index contributed by atoms with van der Waals surface area (Å²) in [6.45, 7) is 1.77. The minimum Gasteiger partial charge on any atom is -0.480 e. The van der Waals surface area contributed by atoms with E-state index in [1.165, 1.54) is 7.11 Å². The number of methoxy groups -OCH3 is 1. The molecule has 0 aromatic rings. The number of carboxylic acid groups (broad SMARTS) is 1. The molecule has 1 rings (SSSR count). The molecule has 0 radical (unpaired) electrons. The van der Waals surface area contributed by atoms with E-state index in [1.807, 2.05) is 0 Å². The van der Waals surface area contributed by atoms with Crippen LogP contribution in [0.4, 0.5) is 0 Å². The van der Waals surface area contributed by atoms with Gasteiger partial charge in [0.05, 0.1) is 18.3 Å². The second-order valence-electron chi connectivity index (χ2n) is 5.18. The van der Waals surface area contributed by atoms with Crippen LogP contribution < -0.4 is 4.72 Å². The first-order valence-corrected chi connectivity index (χ1v) is 8.23. The van der Waals surface area contributed by atoms with Crippen molar-refractivity contribution in [2.75, 3.05) is 12.9 Å². The summed E-state index contributed by atoms with van der Waals surface area (Å²) in [4.78, 5) is 22.7. The van der Waals surface area contributed by atoms with E-state index in [0.29, 0.717) is 19.3 Å². The van der Waals surface area contributed by atoms with E-state index in [-0.39, 0.29) is 6.42 Å². The van der Waals surface area contributed by atoms with Crippen LogP contribution in [0.2, 0.25) is 0 Å². The van der Waals surface area contributed by atoms with Crippen molar-refractivity contribution < 1.29 is 27.9 Å². The topological polar surface area (TPSA) is 110 Å². The SMILES string of the molecule is CCCC(NS(=O)(=O)CC1(C(=O)OC)CCC1)C(=O)O. The highest BCUT2D eigenvalue weighted by Gasteiger charge is 2.48. The first-order chi connectivity index (χ1) is 9.26. The molecule has 0 amide bonds. The quantitative estimate of drug-likeness (QED) is 0.632. The fourth-order valence-corrected chi connectivity index (χ4v) is 4.24. The molecule has 0 aliphatic heterocycles. The minimum absolute atomic E-state index is 0.208. The van der Waals surface area contributed by atoms with E-state index in [2.05, 4.69) is 9.46 Å². The van der Waals surface area contributed by atoms with Crippen molar-refractivity contribution in [3.05, 3.63) is 0 Å². The van der Waals surface area contributed by atoms with Crippen LogP contribution in [-0.2, 0) is 24.3 Å². The second-order valence-corrected chi connectivity index (χ2v) is 6.94. The molecule has 116 valence electrons. The van der Waals surface area contributed by atoms with Gasteiger partial charge in [0.15, 0.2) is 0 Å². The summed E-state index contributed by atoms with van der Waals surface area (Å²) in [5.74, 6) is -2.17. The number of rotatable bonds is 8. The summed E-state index contributed by atoms with van der Waals surface area (Å²) in [6.07, 6.45) is 2.42. The normalized spacial score (nSPS) is 18.9. The predicted molar refractivity (Wildman–Crippen MR) is 71.6 cm³/mol. The van der Waals surface area contributed by atoms with Gasteiger partial charge in [-0.05, 0) is 19.3 Å². The molecule has 2 N–H and O–H groups in total. The molecule has 1 fully saturated rings. The van der Waals surface area contributed by atoms with Crippen LogP contribution in [-0.4, -0.2) is 44.4 Å². The van der Waals surface area contributed by atoms with E-state index < -0.39 is 39.2 Å². The lowest BCUT2D eigenvalue weighted by Crippen LogP contribution is -2.50. The predicted octanol–water partition coefficient (Wildman–Crippen LogP) is 0.502. The van der Waals surface area contributed by atoms with Crippen LogP contribution >= 0.6 is 0 Å².